The van der Waals surface area contributed by atoms with Crippen molar-refractivity contribution in [2.75, 3.05) is 11.9 Å². The highest BCUT2D eigenvalue weighted by atomic mass is 79.9. The van der Waals surface area contributed by atoms with Crippen LogP contribution >= 0.6 is 15.9 Å². The maximum absolute atomic E-state index is 11.7. The van der Waals surface area contributed by atoms with Crippen LogP contribution in [0.2, 0.25) is 0 Å². The average Bonchev–Trinajstić information content (AvgIpc) is 2.65. The van der Waals surface area contributed by atoms with E-state index in [0.29, 0.717) is 13.0 Å². The lowest BCUT2D eigenvalue weighted by molar-refractivity contribution is -0.120. The van der Waals surface area contributed by atoms with Crippen molar-refractivity contribution in [3.8, 4) is 0 Å². The summed E-state index contributed by atoms with van der Waals surface area (Å²) in [5, 5.41) is 20.9. The fourth-order valence-corrected chi connectivity index (χ4v) is 4.35. The first-order valence-corrected chi connectivity index (χ1v) is 10.8. The Balaban J connectivity index is 1.71. The van der Waals surface area contributed by atoms with E-state index in [1.54, 1.807) is 0 Å². The Labute approximate surface area is 181 Å². The molecule has 0 saturated carbocycles. The van der Waals surface area contributed by atoms with Crippen LogP contribution in [0.15, 0.2) is 53.0 Å². The Bertz CT molecular complexity index is 841. The van der Waals surface area contributed by atoms with Crippen LogP contribution < -0.4 is 16.0 Å². The van der Waals surface area contributed by atoms with Crippen LogP contribution in [0.4, 0.5) is 5.69 Å². The predicted octanol–water partition coefficient (Wildman–Crippen LogP) is 3.78. The lowest BCUT2D eigenvalue weighted by atomic mass is 9.85. The van der Waals surface area contributed by atoms with Crippen LogP contribution in [0, 0.1) is 0 Å². The van der Waals surface area contributed by atoms with Gasteiger partial charge in [0.05, 0.1) is 12.1 Å². The Morgan fingerprint density at radius 2 is 2.00 bits per heavy atom. The molecule has 0 aliphatic carbocycles. The minimum absolute atomic E-state index is 0.0511. The van der Waals surface area contributed by atoms with Crippen LogP contribution in [0.25, 0.3) is 0 Å². The van der Waals surface area contributed by atoms with Crippen molar-refractivity contribution in [1.82, 2.24) is 10.6 Å². The first-order chi connectivity index (χ1) is 13.7. The molecule has 3 rings (SSSR count). The molecule has 0 bridgehead atoms. The quantitative estimate of drug-likeness (QED) is 0.508. The van der Waals surface area contributed by atoms with E-state index in [1.165, 1.54) is 12.5 Å². The zero-order valence-electron chi connectivity index (χ0n) is 17.2. The van der Waals surface area contributed by atoms with E-state index in [0.717, 1.165) is 22.1 Å². The van der Waals surface area contributed by atoms with Gasteiger partial charge in [0.15, 0.2) is 0 Å². The van der Waals surface area contributed by atoms with Crippen molar-refractivity contribution >= 4 is 27.5 Å². The van der Waals surface area contributed by atoms with Crippen molar-refractivity contribution in [2.45, 2.75) is 57.3 Å². The molecule has 1 aliphatic heterocycles. The number of aliphatic hydroxyl groups excluding tert-OH is 1. The Morgan fingerprint density at radius 3 is 2.69 bits per heavy atom. The van der Waals surface area contributed by atoms with Gasteiger partial charge < -0.3 is 21.1 Å². The molecule has 1 amide bonds. The molecule has 0 saturated heterocycles. The molecule has 1 aliphatic rings. The van der Waals surface area contributed by atoms with Crippen molar-refractivity contribution in [1.29, 1.82) is 0 Å². The van der Waals surface area contributed by atoms with Crippen molar-refractivity contribution in [2.24, 2.45) is 0 Å². The second-order valence-electron chi connectivity index (χ2n) is 8.47. The zero-order chi connectivity index (χ0) is 21.0. The Kier molecular flexibility index (Phi) is 6.98. The van der Waals surface area contributed by atoms with E-state index in [-0.39, 0.29) is 23.5 Å². The van der Waals surface area contributed by atoms with E-state index < -0.39 is 6.10 Å². The maximum Gasteiger partial charge on any atom is 0.217 e. The summed E-state index contributed by atoms with van der Waals surface area (Å²) < 4.78 is 1.03. The molecule has 0 radical (unpaired) electrons. The number of carbonyl (C=O) groups is 1. The number of hydrogen-bond acceptors (Lipinski definition) is 4. The van der Waals surface area contributed by atoms with Gasteiger partial charge in [0.1, 0.15) is 0 Å². The number of benzene rings is 2. The first kappa shape index (κ1) is 21.8. The number of halogens is 1. The number of aliphatic hydroxyl groups is 1. The molecule has 29 heavy (non-hydrogen) atoms. The van der Waals surface area contributed by atoms with E-state index in [2.05, 4.69) is 57.9 Å². The topological polar surface area (TPSA) is 73.4 Å². The van der Waals surface area contributed by atoms with Gasteiger partial charge in [-0.2, -0.15) is 0 Å². The van der Waals surface area contributed by atoms with Crippen molar-refractivity contribution < 1.29 is 9.90 Å². The van der Waals surface area contributed by atoms with Crippen LogP contribution in [0.3, 0.4) is 0 Å². The standard InChI is InChI=1S/C23H30BrN3O2/c1-15(28)26-20(11-16-7-5-4-6-8-16)22(29)14-25-21-13-23(2,3)27-19-10-9-17(24)12-18(19)21/h4-10,12,20-22,25,27,29H,11,13-14H2,1-3H3,(H,26,28)/t20-,21-,22+/m0/s1. The molecule has 2 aromatic carbocycles. The van der Waals surface area contributed by atoms with Gasteiger partial charge in [-0.3, -0.25) is 4.79 Å². The lowest BCUT2D eigenvalue weighted by Crippen LogP contribution is -2.50. The summed E-state index contributed by atoms with van der Waals surface area (Å²) >= 11 is 3.56. The SMILES string of the molecule is CC(=O)N[C@@H](Cc1ccccc1)[C@H](O)CN[C@H]1CC(C)(C)Nc2ccc(Br)cc21. The van der Waals surface area contributed by atoms with Gasteiger partial charge in [-0.1, -0.05) is 46.3 Å². The van der Waals surface area contributed by atoms with E-state index in [9.17, 15) is 9.90 Å². The fraction of sp³-hybridized carbons (Fsp3) is 0.435. The summed E-state index contributed by atoms with van der Waals surface area (Å²) in [7, 11) is 0. The highest BCUT2D eigenvalue weighted by Gasteiger charge is 2.32. The summed E-state index contributed by atoms with van der Waals surface area (Å²) in [5.74, 6) is -0.137. The number of rotatable bonds is 7. The summed E-state index contributed by atoms with van der Waals surface area (Å²) in [4.78, 5) is 11.7. The number of hydrogen-bond donors (Lipinski definition) is 4. The molecular weight excluding hydrogens is 430 g/mol. The number of nitrogens with one attached hydrogen (secondary N) is 3. The second kappa shape index (κ2) is 9.28. The minimum atomic E-state index is -0.701. The lowest BCUT2D eigenvalue weighted by Gasteiger charge is -2.40. The zero-order valence-corrected chi connectivity index (χ0v) is 18.8. The average molecular weight is 460 g/mol. The van der Waals surface area contributed by atoms with E-state index >= 15 is 0 Å². The summed E-state index contributed by atoms with van der Waals surface area (Å²) in [6.07, 6.45) is 0.781. The molecular formula is C23H30BrN3O2. The summed E-state index contributed by atoms with van der Waals surface area (Å²) in [6, 6.07) is 15.9. The number of amides is 1. The van der Waals surface area contributed by atoms with Gasteiger partial charge in [0.2, 0.25) is 5.91 Å². The van der Waals surface area contributed by atoms with Crippen LogP contribution in [-0.4, -0.2) is 35.2 Å². The predicted molar refractivity (Wildman–Crippen MR) is 121 cm³/mol. The first-order valence-electron chi connectivity index (χ1n) is 10.0. The third kappa shape index (κ3) is 6.04. The highest BCUT2D eigenvalue weighted by molar-refractivity contribution is 9.10. The molecule has 5 nitrogen and oxygen atoms in total. The fourth-order valence-electron chi connectivity index (χ4n) is 3.97. The van der Waals surface area contributed by atoms with E-state index in [4.69, 9.17) is 0 Å². The van der Waals surface area contributed by atoms with Crippen LogP contribution in [0.1, 0.15) is 44.4 Å². The number of anilines is 1. The maximum atomic E-state index is 11.7. The Hall–Kier alpha value is -1.89. The highest BCUT2D eigenvalue weighted by Crippen LogP contribution is 2.38. The van der Waals surface area contributed by atoms with Gasteiger partial charge in [-0.15, -0.1) is 0 Å². The van der Waals surface area contributed by atoms with Crippen LogP contribution in [-0.2, 0) is 11.2 Å². The van der Waals surface area contributed by atoms with Crippen molar-refractivity contribution in [3.63, 3.8) is 0 Å². The van der Waals surface area contributed by atoms with Gasteiger partial charge in [0.25, 0.3) is 0 Å². The monoisotopic (exact) mass is 459 g/mol. The molecule has 0 fully saturated rings. The molecule has 1 heterocycles. The largest absolute Gasteiger partial charge is 0.390 e. The number of fused-ring (bicyclic) bond motifs is 1. The normalized spacial score (nSPS) is 19.6. The molecule has 2 aromatic rings. The molecule has 156 valence electrons. The van der Waals surface area contributed by atoms with Gasteiger partial charge in [-0.25, -0.2) is 0 Å². The van der Waals surface area contributed by atoms with Crippen molar-refractivity contribution in [3.05, 3.63) is 64.1 Å². The van der Waals surface area contributed by atoms with Gasteiger partial charge in [0, 0.05) is 35.2 Å². The molecule has 3 atom stereocenters. The van der Waals surface area contributed by atoms with Crippen LogP contribution in [0.5, 0.6) is 0 Å². The van der Waals surface area contributed by atoms with Gasteiger partial charge >= 0.3 is 0 Å². The molecule has 4 N–H and O–H groups in total. The second-order valence-corrected chi connectivity index (χ2v) is 9.39. The molecule has 0 spiro atoms. The summed E-state index contributed by atoms with van der Waals surface area (Å²) in [5.41, 5.74) is 3.33. The number of carbonyl (C=O) groups excluding carboxylic acids is 1. The molecule has 6 heteroatoms. The third-order valence-corrected chi connectivity index (χ3v) is 5.79. The minimum Gasteiger partial charge on any atom is -0.390 e. The summed E-state index contributed by atoms with van der Waals surface area (Å²) in [6.45, 7) is 6.24. The molecule has 0 unspecified atom stereocenters. The van der Waals surface area contributed by atoms with Gasteiger partial charge in [-0.05, 0) is 56.0 Å². The van der Waals surface area contributed by atoms with E-state index in [1.807, 2.05) is 36.4 Å². The Morgan fingerprint density at radius 1 is 1.28 bits per heavy atom. The third-order valence-electron chi connectivity index (χ3n) is 5.30. The smallest absolute Gasteiger partial charge is 0.217 e. The molecule has 0 aromatic heterocycles.